The molecular formula is C26H33N3O5. The van der Waals surface area contributed by atoms with Crippen LogP contribution in [0.2, 0.25) is 0 Å². The summed E-state index contributed by atoms with van der Waals surface area (Å²) in [6.07, 6.45) is 0.778. The van der Waals surface area contributed by atoms with Gasteiger partial charge in [-0.3, -0.25) is 9.59 Å². The summed E-state index contributed by atoms with van der Waals surface area (Å²) >= 11 is 0. The van der Waals surface area contributed by atoms with Gasteiger partial charge in [-0.2, -0.15) is 0 Å². The van der Waals surface area contributed by atoms with Gasteiger partial charge in [-0.15, -0.1) is 0 Å². The van der Waals surface area contributed by atoms with Gasteiger partial charge in [0, 0.05) is 18.2 Å². The standard InChI is InChI=1S/C26H33N3O5/c1-17-9-8-12-20(23(17)31)22(24(32)27-15-18-10-6-5-7-11-18)29(19-13-14-19)21(30)16-28-25(33)34-26(2,3)4/h5-12,19,22,31H,13-16H2,1-4H3,(H,27,32)(H,28,33). The van der Waals surface area contributed by atoms with Crippen LogP contribution in [0.4, 0.5) is 4.79 Å². The minimum absolute atomic E-state index is 0.0269. The fraction of sp³-hybridized carbons (Fsp3) is 0.423. The lowest BCUT2D eigenvalue weighted by molar-refractivity contribution is -0.141. The van der Waals surface area contributed by atoms with Crippen molar-refractivity contribution in [3.8, 4) is 5.75 Å². The second kappa shape index (κ2) is 10.6. The number of carbonyl (C=O) groups excluding carboxylic acids is 3. The third-order valence-electron chi connectivity index (χ3n) is 5.41. The molecule has 3 N–H and O–H groups in total. The van der Waals surface area contributed by atoms with Crippen LogP contribution in [0, 0.1) is 6.92 Å². The molecule has 0 bridgehead atoms. The maximum absolute atomic E-state index is 13.5. The quantitative estimate of drug-likeness (QED) is 0.550. The molecule has 1 saturated carbocycles. The molecule has 2 aromatic rings. The maximum Gasteiger partial charge on any atom is 0.408 e. The third kappa shape index (κ3) is 6.73. The molecule has 0 spiro atoms. The number of phenolic OH excluding ortho intramolecular Hbond substituents is 1. The smallest absolute Gasteiger partial charge is 0.408 e. The van der Waals surface area contributed by atoms with Crippen LogP contribution >= 0.6 is 0 Å². The molecule has 182 valence electrons. The summed E-state index contributed by atoms with van der Waals surface area (Å²) in [5.74, 6) is -0.850. The molecule has 3 rings (SSSR count). The molecule has 2 aromatic carbocycles. The first-order chi connectivity index (χ1) is 16.1. The molecule has 8 heteroatoms. The third-order valence-corrected chi connectivity index (χ3v) is 5.41. The number of phenols is 1. The number of aryl methyl sites for hydroxylation is 1. The highest BCUT2D eigenvalue weighted by atomic mass is 16.6. The van der Waals surface area contributed by atoms with E-state index in [1.54, 1.807) is 45.9 Å². The Morgan fingerprint density at radius 2 is 1.74 bits per heavy atom. The van der Waals surface area contributed by atoms with Crippen LogP contribution < -0.4 is 10.6 Å². The van der Waals surface area contributed by atoms with Crippen LogP contribution in [0.15, 0.2) is 48.5 Å². The van der Waals surface area contributed by atoms with Gasteiger partial charge in [0.2, 0.25) is 11.8 Å². The van der Waals surface area contributed by atoms with Gasteiger partial charge in [-0.25, -0.2) is 4.79 Å². The van der Waals surface area contributed by atoms with Crippen LogP contribution in [0.5, 0.6) is 5.75 Å². The number of alkyl carbamates (subject to hydrolysis) is 1. The van der Waals surface area contributed by atoms with E-state index in [0.29, 0.717) is 11.1 Å². The van der Waals surface area contributed by atoms with Gasteiger partial charge in [0.25, 0.3) is 0 Å². The Labute approximate surface area is 200 Å². The van der Waals surface area contributed by atoms with Crippen LogP contribution in [-0.4, -0.2) is 46.1 Å². The fourth-order valence-electron chi connectivity index (χ4n) is 3.67. The van der Waals surface area contributed by atoms with Crippen molar-refractivity contribution in [2.45, 2.75) is 64.8 Å². The summed E-state index contributed by atoms with van der Waals surface area (Å²) in [6.45, 7) is 6.91. The van der Waals surface area contributed by atoms with Crippen LogP contribution in [0.3, 0.4) is 0 Å². The molecule has 3 amide bonds. The zero-order valence-corrected chi connectivity index (χ0v) is 20.1. The molecule has 1 atom stereocenters. The second-order valence-electron chi connectivity index (χ2n) is 9.51. The van der Waals surface area contributed by atoms with E-state index in [1.807, 2.05) is 30.3 Å². The molecule has 0 aliphatic heterocycles. The Morgan fingerprint density at radius 1 is 1.06 bits per heavy atom. The van der Waals surface area contributed by atoms with E-state index in [-0.39, 0.29) is 24.9 Å². The minimum atomic E-state index is -1.04. The number of hydrogen-bond donors (Lipinski definition) is 3. The lowest BCUT2D eigenvalue weighted by Gasteiger charge is -2.32. The highest BCUT2D eigenvalue weighted by Gasteiger charge is 2.42. The molecule has 0 saturated heterocycles. The van der Waals surface area contributed by atoms with Gasteiger partial charge in [-0.05, 0) is 51.7 Å². The molecular weight excluding hydrogens is 434 g/mol. The van der Waals surface area contributed by atoms with Crippen LogP contribution in [-0.2, 0) is 20.9 Å². The average Bonchev–Trinajstić information content (AvgIpc) is 3.61. The zero-order valence-electron chi connectivity index (χ0n) is 20.1. The van der Waals surface area contributed by atoms with Crippen LogP contribution in [0.1, 0.15) is 56.3 Å². The van der Waals surface area contributed by atoms with Crippen molar-refractivity contribution in [3.63, 3.8) is 0 Å². The van der Waals surface area contributed by atoms with E-state index in [0.717, 1.165) is 18.4 Å². The molecule has 34 heavy (non-hydrogen) atoms. The van der Waals surface area contributed by atoms with Crippen molar-refractivity contribution >= 4 is 17.9 Å². The summed E-state index contributed by atoms with van der Waals surface area (Å²) in [6, 6.07) is 13.4. The molecule has 0 aromatic heterocycles. The number of nitrogens with one attached hydrogen (secondary N) is 2. The predicted molar refractivity (Wildman–Crippen MR) is 128 cm³/mol. The Bertz CT molecular complexity index is 1030. The lowest BCUT2D eigenvalue weighted by atomic mass is 9.99. The number of para-hydroxylation sites is 1. The first-order valence-corrected chi connectivity index (χ1v) is 11.4. The summed E-state index contributed by atoms with van der Waals surface area (Å²) in [4.78, 5) is 40.3. The highest BCUT2D eigenvalue weighted by Crippen LogP contribution is 2.38. The van der Waals surface area contributed by atoms with E-state index in [9.17, 15) is 19.5 Å². The molecule has 1 aliphatic carbocycles. The van der Waals surface area contributed by atoms with E-state index in [1.165, 1.54) is 4.90 Å². The van der Waals surface area contributed by atoms with Crippen molar-refractivity contribution in [3.05, 3.63) is 65.2 Å². The molecule has 1 aliphatic rings. The van der Waals surface area contributed by atoms with Crippen molar-refractivity contribution in [1.82, 2.24) is 15.5 Å². The van der Waals surface area contributed by atoms with E-state index >= 15 is 0 Å². The SMILES string of the molecule is Cc1cccc(C(C(=O)NCc2ccccc2)N(C(=O)CNC(=O)OC(C)(C)C)C2CC2)c1O. The van der Waals surface area contributed by atoms with Crippen molar-refractivity contribution < 1.29 is 24.2 Å². The van der Waals surface area contributed by atoms with Gasteiger partial charge in [-0.1, -0.05) is 48.5 Å². The largest absolute Gasteiger partial charge is 0.507 e. The lowest BCUT2D eigenvalue weighted by Crippen LogP contribution is -2.48. The summed E-state index contributed by atoms with van der Waals surface area (Å²) < 4.78 is 5.22. The minimum Gasteiger partial charge on any atom is -0.507 e. The average molecular weight is 468 g/mol. The zero-order chi connectivity index (χ0) is 24.9. The number of aromatic hydroxyl groups is 1. The topological polar surface area (TPSA) is 108 Å². The van der Waals surface area contributed by atoms with Gasteiger partial charge >= 0.3 is 6.09 Å². The Morgan fingerprint density at radius 3 is 2.35 bits per heavy atom. The first kappa shape index (κ1) is 25.1. The molecule has 8 nitrogen and oxygen atoms in total. The summed E-state index contributed by atoms with van der Waals surface area (Å²) in [5.41, 5.74) is 1.17. The normalized spacial score (nSPS) is 14.1. The predicted octanol–water partition coefficient (Wildman–Crippen LogP) is 3.57. The Kier molecular flexibility index (Phi) is 7.81. The fourth-order valence-corrected chi connectivity index (χ4v) is 3.67. The van der Waals surface area contributed by atoms with Gasteiger partial charge < -0.3 is 25.4 Å². The summed E-state index contributed by atoms with van der Waals surface area (Å²) in [7, 11) is 0. The monoisotopic (exact) mass is 467 g/mol. The van der Waals surface area contributed by atoms with Gasteiger partial charge in [0.15, 0.2) is 0 Å². The Hall–Kier alpha value is -3.55. The number of nitrogens with zero attached hydrogens (tertiary/aromatic N) is 1. The van der Waals surface area contributed by atoms with Gasteiger partial charge in [0.05, 0.1) is 0 Å². The number of rotatable bonds is 8. The maximum atomic E-state index is 13.5. The number of carbonyl (C=O) groups is 3. The van der Waals surface area contributed by atoms with Crippen molar-refractivity contribution in [1.29, 1.82) is 0 Å². The van der Waals surface area contributed by atoms with E-state index in [4.69, 9.17) is 4.74 Å². The van der Waals surface area contributed by atoms with E-state index < -0.39 is 29.6 Å². The second-order valence-corrected chi connectivity index (χ2v) is 9.51. The van der Waals surface area contributed by atoms with E-state index in [2.05, 4.69) is 10.6 Å². The summed E-state index contributed by atoms with van der Waals surface area (Å²) in [5, 5.41) is 16.2. The van der Waals surface area contributed by atoms with Crippen LogP contribution in [0.25, 0.3) is 0 Å². The number of amides is 3. The van der Waals surface area contributed by atoms with Gasteiger partial charge in [0.1, 0.15) is 23.9 Å². The molecule has 0 heterocycles. The molecule has 1 unspecified atom stereocenters. The Balaban J connectivity index is 1.84. The molecule has 1 fully saturated rings. The number of hydrogen-bond acceptors (Lipinski definition) is 5. The van der Waals surface area contributed by atoms with Crippen molar-refractivity contribution in [2.24, 2.45) is 0 Å². The number of ether oxygens (including phenoxy) is 1. The number of benzene rings is 2. The first-order valence-electron chi connectivity index (χ1n) is 11.4. The molecule has 0 radical (unpaired) electrons. The van der Waals surface area contributed by atoms with Crippen molar-refractivity contribution in [2.75, 3.05) is 6.54 Å². The highest BCUT2D eigenvalue weighted by molar-refractivity contribution is 5.91.